The van der Waals surface area contributed by atoms with Gasteiger partial charge in [-0.05, 0) is 25.8 Å². The number of hydrogen-bond acceptors (Lipinski definition) is 3. The second kappa shape index (κ2) is 2.33. The monoisotopic (exact) mass is 188 g/mol. The smallest absolute Gasteiger partial charge is 0.234 e. The highest BCUT2D eigenvalue weighted by atomic mass is 15.1. The Morgan fingerprint density at radius 2 is 2.29 bits per heavy atom. The molecule has 3 rings (SSSR count). The molecule has 1 aliphatic carbocycles. The quantitative estimate of drug-likeness (QED) is 0.726. The van der Waals surface area contributed by atoms with Gasteiger partial charge in [0.2, 0.25) is 5.78 Å². The highest BCUT2D eigenvalue weighted by Gasteiger charge is 2.43. The Hall–Kier alpha value is -1.42. The lowest BCUT2D eigenvalue weighted by molar-refractivity contribution is 0.690. The maximum Gasteiger partial charge on any atom is 0.234 e. The van der Waals surface area contributed by atoms with Crippen LogP contribution in [0, 0.1) is 6.92 Å². The van der Waals surface area contributed by atoms with E-state index in [1.165, 1.54) is 0 Å². The second-order valence-corrected chi connectivity index (χ2v) is 3.99. The summed E-state index contributed by atoms with van der Waals surface area (Å²) in [6.07, 6.45) is 5.83. The summed E-state index contributed by atoms with van der Waals surface area (Å²) in [5.41, 5.74) is 8.17. The zero-order valence-electron chi connectivity index (χ0n) is 8.07. The summed E-state index contributed by atoms with van der Waals surface area (Å²) in [5, 5.41) is 0. The van der Waals surface area contributed by atoms with Crippen molar-refractivity contribution in [3.63, 3.8) is 0 Å². The van der Waals surface area contributed by atoms with E-state index in [-0.39, 0.29) is 5.54 Å². The maximum atomic E-state index is 6.19. The summed E-state index contributed by atoms with van der Waals surface area (Å²) in [7, 11) is 0. The zero-order chi connectivity index (χ0) is 9.76. The van der Waals surface area contributed by atoms with Gasteiger partial charge in [-0.15, -0.1) is 0 Å². The normalized spacial score (nSPS) is 18.7. The van der Waals surface area contributed by atoms with Crippen molar-refractivity contribution in [2.75, 3.05) is 0 Å². The van der Waals surface area contributed by atoms with E-state index in [2.05, 4.69) is 9.97 Å². The van der Waals surface area contributed by atoms with Crippen LogP contribution in [0.4, 0.5) is 0 Å². The first-order chi connectivity index (χ1) is 6.71. The van der Waals surface area contributed by atoms with Gasteiger partial charge in [0, 0.05) is 12.4 Å². The first kappa shape index (κ1) is 7.94. The van der Waals surface area contributed by atoms with Gasteiger partial charge < -0.3 is 5.73 Å². The van der Waals surface area contributed by atoms with Gasteiger partial charge in [-0.3, -0.25) is 4.40 Å². The van der Waals surface area contributed by atoms with Gasteiger partial charge in [0.1, 0.15) is 0 Å². The highest BCUT2D eigenvalue weighted by Crippen LogP contribution is 2.43. The van der Waals surface area contributed by atoms with E-state index in [1.54, 1.807) is 6.20 Å². The number of hydrogen-bond donors (Lipinski definition) is 1. The van der Waals surface area contributed by atoms with E-state index in [0.717, 1.165) is 30.0 Å². The first-order valence-electron chi connectivity index (χ1n) is 4.80. The molecule has 4 heteroatoms. The van der Waals surface area contributed by atoms with Crippen molar-refractivity contribution in [2.45, 2.75) is 25.3 Å². The van der Waals surface area contributed by atoms with Crippen LogP contribution in [0.1, 0.15) is 24.2 Å². The molecule has 1 aliphatic rings. The molecule has 2 aromatic rings. The Labute approximate surface area is 81.8 Å². The molecule has 0 spiro atoms. The number of rotatable bonds is 1. The average Bonchev–Trinajstić information content (AvgIpc) is 2.79. The fourth-order valence-corrected chi connectivity index (χ4v) is 1.97. The van der Waals surface area contributed by atoms with Crippen molar-refractivity contribution in [3.05, 3.63) is 29.8 Å². The van der Waals surface area contributed by atoms with Crippen LogP contribution in [0.25, 0.3) is 5.78 Å². The van der Waals surface area contributed by atoms with Crippen LogP contribution in [0.3, 0.4) is 0 Å². The predicted octanol–water partition coefficient (Wildman–Crippen LogP) is 0.986. The number of fused-ring (bicyclic) bond motifs is 1. The maximum absolute atomic E-state index is 6.19. The van der Waals surface area contributed by atoms with Crippen molar-refractivity contribution in [1.29, 1.82) is 0 Å². The molecule has 4 nitrogen and oxygen atoms in total. The molecule has 0 unspecified atom stereocenters. The summed E-state index contributed by atoms with van der Waals surface area (Å²) in [6.45, 7) is 2.00. The Morgan fingerprint density at radius 1 is 1.50 bits per heavy atom. The first-order valence-corrected chi connectivity index (χ1v) is 4.80. The largest absolute Gasteiger partial charge is 0.320 e. The van der Waals surface area contributed by atoms with E-state index >= 15 is 0 Å². The molecule has 0 amide bonds. The molecule has 1 saturated carbocycles. The van der Waals surface area contributed by atoms with Crippen LogP contribution >= 0.6 is 0 Å². The lowest BCUT2D eigenvalue weighted by Gasteiger charge is -2.08. The lowest BCUT2D eigenvalue weighted by Crippen LogP contribution is -2.22. The Bertz CT molecular complexity index is 496. The standard InChI is InChI=1S/C10H12N4/c1-7-8(10(11)3-4-10)14-6-2-5-12-9(14)13-7/h2,5-6H,3-4,11H2,1H3. The minimum absolute atomic E-state index is 0.146. The lowest BCUT2D eigenvalue weighted by atomic mass is 10.1. The molecular weight excluding hydrogens is 176 g/mol. The van der Waals surface area contributed by atoms with Gasteiger partial charge in [-0.2, -0.15) is 0 Å². The third-order valence-corrected chi connectivity index (χ3v) is 2.84. The molecule has 2 heterocycles. The molecule has 2 N–H and O–H groups in total. The van der Waals surface area contributed by atoms with Crippen LogP contribution in [-0.4, -0.2) is 14.4 Å². The molecule has 0 aromatic carbocycles. The minimum Gasteiger partial charge on any atom is -0.320 e. The Kier molecular flexibility index (Phi) is 1.32. The minimum atomic E-state index is -0.146. The van der Waals surface area contributed by atoms with E-state index in [9.17, 15) is 0 Å². The third-order valence-electron chi connectivity index (χ3n) is 2.84. The summed E-state index contributed by atoms with van der Waals surface area (Å²) >= 11 is 0. The van der Waals surface area contributed by atoms with E-state index in [0.29, 0.717) is 0 Å². The molecule has 0 bridgehead atoms. The SMILES string of the molecule is Cc1nc2ncccn2c1C1(N)CC1. The number of aromatic nitrogens is 3. The zero-order valence-corrected chi connectivity index (χ0v) is 8.07. The number of nitrogens with zero attached hydrogens (tertiary/aromatic N) is 3. The van der Waals surface area contributed by atoms with Crippen molar-refractivity contribution in [1.82, 2.24) is 14.4 Å². The van der Waals surface area contributed by atoms with E-state index < -0.39 is 0 Å². The number of aryl methyl sites for hydroxylation is 1. The van der Waals surface area contributed by atoms with E-state index in [4.69, 9.17) is 5.73 Å². The number of nitrogens with two attached hydrogens (primary N) is 1. The molecule has 0 radical (unpaired) electrons. The summed E-state index contributed by atoms with van der Waals surface area (Å²) in [6, 6.07) is 1.91. The van der Waals surface area contributed by atoms with Gasteiger partial charge in [0.15, 0.2) is 0 Å². The van der Waals surface area contributed by atoms with Gasteiger partial charge in [-0.1, -0.05) is 0 Å². The van der Waals surface area contributed by atoms with Crippen LogP contribution in [-0.2, 0) is 5.54 Å². The Morgan fingerprint density at radius 3 is 3.00 bits per heavy atom. The van der Waals surface area contributed by atoms with Gasteiger partial charge in [0.25, 0.3) is 0 Å². The van der Waals surface area contributed by atoms with Gasteiger partial charge in [-0.25, -0.2) is 9.97 Å². The fraction of sp³-hybridized carbons (Fsp3) is 0.400. The molecule has 1 fully saturated rings. The van der Waals surface area contributed by atoms with Crippen molar-refractivity contribution < 1.29 is 0 Å². The van der Waals surface area contributed by atoms with Crippen LogP contribution < -0.4 is 5.73 Å². The molecule has 72 valence electrons. The predicted molar refractivity (Wildman–Crippen MR) is 52.8 cm³/mol. The molecule has 0 saturated heterocycles. The van der Waals surface area contributed by atoms with E-state index in [1.807, 2.05) is 23.6 Å². The molecular formula is C10H12N4. The van der Waals surface area contributed by atoms with Crippen LogP contribution in [0.2, 0.25) is 0 Å². The Balaban J connectivity index is 2.36. The van der Waals surface area contributed by atoms with Crippen molar-refractivity contribution in [2.24, 2.45) is 5.73 Å². The van der Waals surface area contributed by atoms with Crippen molar-refractivity contribution >= 4 is 5.78 Å². The van der Waals surface area contributed by atoms with Gasteiger partial charge in [0.05, 0.1) is 16.9 Å². The van der Waals surface area contributed by atoms with Crippen LogP contribution in [0.5, 0.6) is 0 Å². The summed E-state index contributed by atoms with van der Waals surface area (Å²) in [5.74, 6) is 0.747. The second-order valence-electron chi connectivity index (χ2n) is 3.99. The van der Waals surface area contributed by atoms with Crippen molar-refractivity contribution in [3.8, 4) is 0 Å². The topological polar surface area (TPSA) is 56.2 Å². The highest BCUT2D eigenvalue weighted by molar-refractivity contribution is 5.40. The van der Waals surface area contributed by atoms with Gasteiger partial charge >= 0.3 is 0 Å². The molecule has 0 aliphatic heterocycles. The van der Waals surface area contributed by atoms with Crippen LogP contribution in [0.15, 0.2) is 18.5 Å². The number of imidazole rings is 1. The summed E-state index contributed by atoms with van der Waals surface area (Å²) in [4.78, 5) is 8.59. The fourth-order valence-electron chi connectivity index (χ4n) is 1.97. The molecule has 14 heavy (non-hydrogen) atoms. The molecule has 0 atom stereocenters. The summed E-state index contributed by atoms with van der Waals surface area (Å²) < 4.78 is 2.00. The third kappa shape index (κ3) is 0.915. The average molecular weight is 188 g/mol. The molecule has 2 aromatic heterocycles.